The average molecular weight is 1260 g/mol. The van der Waals surface area contributed by atoms with E-state index >= 15 is 0 Å². The molecule has 0 saturated carbocycles. The minimum Gasteiger partial charge on any atom is -0.481 e. The number of nitrogens with two attached hydrogens (primary N) is 1. The number of carbonyl (C=O) groups is 8. The zero-order valence-corrected chi connectivity index (χ0v) is 56.2. The van der Waals surface area contributed by atoms with Gasteiger partial charge in [-0.05, 0) is 148 Å². The normalized spacial score (nSPS) is 21.8. The van der Waals surface area contributed by atoms with E-state index < -0.39 is 5.97 Å². The summed E-state index contributed by atoms with van der Waals surface area (Å²) in [5, 5.41) is 20.3. The molecule has 5 heterocycles. The average Bonchev–Trinajstić information content (AvgIpc) is 4.21. The first-order valence-electron chi connectivity index (χ1n) is 31.0. The number of nitrogens with zero attached hydrogens (tertiary/aromatic N) is 4. The molecule has 5 rings (SSSR count). The quantitative estimate of drug-likeness (QED) is 0.0404. The number of hydrogen-bond donors (Lipinski definition) is 4. The number of aliphatic hydroxyl groups excluding tert-OH is 1. The van der Waals surface area contributed by atoms with E-state index in [0.29, 0.717) is 84.0 Å². The van der Waals surface area contributed by atoms with Gasteiger partial charge in [0.1, 0.15) is 5.78 Å². The van der Waals surface area contributed by atoms with Gasteiger partial charge < -0.3 is 40.9 Å². The molecular formula is C64H119IN6O10. The molecule has 5 aliphatic heterocycles. The predicted octanol–water partition coefficient (Wildman–Crippen LogP) is 11.2. The van der Waals surface area contributed by atoms with Crippen LogP contribution in [0, 0.1) is 53.3 Å². The van der Waals surface area contributed by atoms with Crippen molar-refractivity contribution < 1.29 is 48.6 Å². The molecule has 9 atom stereocenters. The molecule has 0 aromatic rings. The second-order valence-electron chi connectivity index (χ2n) is 25.4. The van der Waals surface area contributed by atoms with E-state index in [4.69, 9.17) is 15.9 Å². The highest BCUT2D eigenvalue weighted by Gasteiger charge is 2.33. The number of ketones is 2. The van der Waals surface area contributed by atoms with Gasteiger partial charge in [0.05, 0.1) is 0 Å². The Morgan fingerprint density at radius 2 is 1.01 bits per heavy atom. The fourth-order valence-corrected chi connectivity index (χ4v) is 11.6. The third kappa shape index (κ3) is 36.1. The molecule has 0 radical (unpaired) electrons. The fourth-order valence-electron chi connectivity index (χ4n) is 11.0. The maximum Gasteiger partial charge on any atom is 0.303 e. The zero-order valence-electron chi connectivity index (χ0n) is 54.1. The third-order valence-electron chi connectivity index (χ3n) is 15.4. The minimum absolute atomic E-state index is 0.0183. The summed E-state index contributed by atoms with van der Waals surface area (Å²) in [6.07, 6.45) is 14.8. The van der Waals surface area contributed by atoms with E-state index in [0.717, 1.165) is 93.9 Å². The molecule has 5 N–H and O–H groups in total. The van der Waals surface area contributed by atoms with Crippen LogP contribution in [0.2, 0.25) is 0 Å². The van der Waals surface area contributed by atoms with Gasteiger partial charge in [-0.25, -0.2) is 0 Å². The number of hydrogen-bond acceptors (Lipinski definition) is 10. The largest absolute Gasteiger partial charge is 0.481 e. The number of rotatable bonds is 24. The van der Waals surface area contributed by atoms with Crippen LogP contribution >= 0.6 is 22.6 Å². The van der Waals surface area contributed by atoms with Crippen LogP contribution in [-0.4, -0.2) is 151 Å². The molecule has 472 valence electrons. The van der Waals surface area contributed by atoms with E-state index in [-0.39, 0.29) is 60.7 Å². The van der Waals surface area contributed by atoms with Gasteiger partial charge in [-0.15, -0.1) is 0 Å². The molecule has 0 aromatic heterocycles. The Labute approximate surface area is 506 Å². The van der Waals surface area contributed by atoms with Crippen LogP contribution in [0.1, 0.15) is 220 Å². The van der Waals surface area contributed by atoms with Crippen molar-refractivity contribution in [3.63, 3.8) is 0 Å². The Kier molecular flexibility index (Phi) is 43.3. The Bertz CT molecular complexity index is 1830. The van der Waals surface area contributed by atoms with Crippen molar-refractivity contribution >= 4 is 69.7 Å². The molecule has 17 heteroatoms. The highest BCUT2D eigenvalue weighted by Crippen LogP contribution is 2.28. The minimum atomic E-state index is -0.737. The number of carboxylic acids is 1. The number of Topliss-reactive ketones (excluding diaryl/α,β-unsaturated/α-hetero) is 2. The van der Waals surface area contributed by atoms with Gasteiger partial charge in [-0.2, -0.15) is 0 Å². The lowest BCUT2D eigenvalue weighted by Gasteiger charge is -2.21. The number of carboxylic acid groups (broad SMARTS) is 1. The van der Waals surface area contributed by atoms with Gasteiger partial charge in [0.2, 0.25) is 29.5 Å². The van der Waals surface area contributed by atoms with Gasteiger partial charge >= 0.3 is 5.97 Å². The molecule has 0 bridgehead atoms. The van der Waals surface area contributed by atoms with Crippen molar-refractivity contribution in [2.24, 2.45) is 59.0 Å². The molecule has 5 fully saturated rings. The number of allylic oxidation sites excluding steroid dienone is 1. The SMILES string of the molecule is C=C(CC(C)=O)C(C)=O.CC(C)N1C[C@@H](C)CC1=O.CC(C)N1C[C@@H](CI)CC1=O.CC(C)N1C[C@@H](CO)CC1=O.CCCC(C)C[C@@H]1CNC(=O)C1.CCCC(C)C[C@H](CN)CC(=O)O.CCCC(C)C[C@H]1CC(=O)N(C(C)C)C1. The molecule has 5 aliphatic rings. The van der Waals surface area contributed by atoms with E-state index in [2.05, 4.69) is 124 Å². The van der Waals surface area contributed by atoms with Gasteiger partial charge in [0.15, 0.2) is 5.78 Å². The van der Waals surface area contributed by atoms with E-state index in [1.54, 1.807) is 0 Å². The lowest BCUT2D eigenvalue weighted by atomic mass is 9.90. The predicted molar refractivity (Wildman–Crippen MR) is 339 cm³/mol. The molecular weight excluding hydrogens is 1140 g/mol. The first-order valence-corrected chi connectivity index (χ1v) is 32.5. The maximum absolute atomic E-state index is 11.7. The van der Waals surface area contributed by atoms with Gasteiger partial charge in [-0.1, -0.05) is 116 Å². The number of carbonyl (C=O) groups excluding carboxylic acids is 7. The topological polar surface area (TPSA) is 228 Å². The highest BCUT2D eigenvalue weighted by molar-refractivity contribution is 14.1. The lowest BCUT2D eigenvalue weighted by Crippen LogP contribution is -2.32. The number of halogens is 1. The van der Waals surface area contributed by atoms with Crippen molar-refractivity contribution in [3.8, 4) is 0 Å². The first kappa shape index (κ1) is 79.6. The van der Waals surface area contributed by atoms with Crippen molar-refractivity contribution in [1.82, 2.24) is 24.9 Å². The molecule has 0 spiro atoms. The van der Waals surface area contributed by atoms with Gasteiger partial charge in [0.25, 0.3) is 0 Å². The molecule has 3 unspecified atom stereocenters. The van der Waals surface area contributed by atoms with Gasteiger partial charge in [-0.3, -0.25) is 38.4 Å². The number of aliphatic hydroxyl groups is 1. The summed E-state index contributed by atoms with van der Waals surface area (Å²) in [6, 6.07) is 1.43. The maximum atomic E-state index is 11.7. The van der Waals surface area contributed by atoms with Crippen LogP contribution in [0.4, 0.5) is 0 Å². The monoisotopic (exact) mass is 1260 g/mol. The Balaban J connectivity index is 0. The third-order valence-corrected chi connectivity index (χ3v) is 16.7. The van der Waals surface area contributed by atoms with Crippen LogP contribution in [0.5, 0.6) is 0 Å². The second kappa shape index (κ2) is 44.1. The molecule has 16 nitrogen and oxygen atoms in total. The summed E-state index contributed by atoms with van der Waals surface area (Å²) in [4.78, 5) is 95.2. The molecule has 81 heavy (non-hydrogen) atoms. The summed E-state index contributed by atoms with van der Waals surface area (Å²) < 4.78 is 1.10. The zero-order chi connectivity index (χ0) is 62.7. The van der Waals surface area contributed by atoms with Crippen LogP contribution in [0.25, 0.3) is 0 Å². The summed E-state index contributed by atoms with van der Waals surface area (Å²) in [6.45, 7) is 43.4. The molecule has 5 amide bonds. The summed E-state index contributed by atoms with van der Waals surface area (Å²) in [5.41, 5.74) is 5.89. The van der Waals surface area contributed by atoms with Crippen molar-refractivity contribution in [2.45, 2.75) is 245 Å². The Morgan fingerprint density at radius 1 is 0.617 bits per heavy atom. The number of aliphatic carboxylic acids is 1. The van der Waals surface area contributed by atoms with E-state index in [9.17, 15) is 38.4 Å². The number of likely N-dealkylation sites (tertiary alicyclic amines) is 4. The van der Waals surface area contributed by atoms with Crippen LogP contribution < -0.4 is 11.1 Å². The summed E-state index contributed by atoms with van der Waals surface area (Å²) >= 11 is 2.35. The summed E-state index contributed by atoms with van der Waals surface area (Å²) in [7, 11) is 0. The standard InChI is InChI=1S/C13H25NO.C10H21NO2.C10H19NO.C8H14INO.C8H15NO2.C8H15NO.C7H10O2/c1-5-6-11(4)7-12-8-13(15)14(9-12)10(2)3;1-3-4-8(2)5-9(7-11)6-10(12)13;1-3-4-8(2)5-9-6-10(12)11-7-9;1-6(2)10-5-7(4-9)3-8(10)11;1-6(2)9-4-7(5-10)3-8(9)11;1-6(2)9-5-7(3)4-8(9)10;1-5(7(3)9)4-6(2)8/h10-12H,5-9H2,1-4H3;8-9H,3-7,11H2,1-2H3,(H,12,13);8-9H,3-7H2,1-2H3,(H,11,12);6-7H,3-5H2,1-2H3;6-7,10H,3-5H2,1-2H3;6-7H,4-5H2,1-3H3;1,4H2,2-3H3/t11?,12-;2*8?,9-;3*7-;/m000100./s1. The second-order valence-corrected chi connectivity index (χ2v) is 26.3. The smallest absolute Gasteiger partial charge is 0.303 e. The number of alkyl halides is 1. The Hall–Kier alpha value is -3.45. The van der Waals surface area contributed by atoms with E-state index in [1.165, 1.54) is 52.4 Å². The fraction of sp³-hybridized carbons (Fsp3) is 0.844. The van der Waals surface area contributed by atoms with E-state index in [1.807, 2.05) is 33.4 Å². The lowest BCUT2D eigenvalue weighted by molar-refractivity contribution is -0.138. The van der Waals surface area contributed by atoms with Gasteiger partial charge in [0, 0.05) is 119 Å². The summed E-state index contributed by atoms with van der Waals surface area (Å²) in [5.74, 6) is 5.44. The molecule has 0 aromatic carbocycles. The van der Waals surface area contributed by atoms with Crippen molar-refractivity contribution in [1.29, 1.82) is 0 Å². The molecule has 5 saturated heterocycles. The molecule has 0 aliphatic carbocycles. The van der Waals surface area contributed by atoms with Crippen molar-refractivity contribution in [3.05, 3.63) is 12.2 Å². The van der Waals surface area contributed by atoms with Crippen LogP contribution in [0.15, 0.2) is 12.2 Å². The van der Waals surface area contributed by atoms with Crippen molar-refractivity contribution in [2.75, 3.05) is 50.3 Å². The first-order chi connectivity index (χ1) is 37.8. The van der Waals surface area contributed by atoms with Crippen LogP contribution in [0.3, 0.4) is 0 Å². The number of nitrogens with one attached hydrogen (secondary N) is 1. The highest BCUT2D eigenvalue weighted by atomic mass is 127. The van der Waals surface area contributed by atoms with Crippen LogP contribution in [-0.2, 0) is 38.4 Å². The number of amides is 5. The Morgan fingerprint density at radius 3 is 1.30 bits per heavy atom.